The van der Waals surface area contributed by atoms with Gasteiger partial charge in [-0.15, -0.1) is 11.3 Å². The molecule has 0 aromatic carbocycles. The van der Waals surface area contributed by atoms with Crippen molar-refractivity contribution in [2.24, 2.45) is 0 Å². The van der Waals surface area contributed by atoms with Crippen LogP contribution in [0.25, 0.3) is 11.1 Å². The Labute approximate surface area is 165 Å². The SMILES string of the molecule is CC(C)(C)c1cc(-c2cc(Cl)sc2Cl)cc(C(C)(C)C)[o+]1.F[B-](F)(F)F. The van der Waals surface area contributed by atoms with Crippen molar-refractivity contribution >= 4 is 41.8 Å². The van der Waals surface area contributed by atoms with Crippen molar-refractivity contribution in [2.45, 2.75) is 52.4 Å². The second-order valence-electron chi connectivity index (χ2n) is 7.81. The Morgan fingerprint density at radius 3 is 1.50 bits per heavy atom. The molecule has 0 unspecified atom stereocenters. The fourth-order valence-corrected chi connectivity index (χ4v) is 3.44. The first-order valence-corrected chi connectivity index (χ1v) is 9.37. The minimum Gasteiger partial charge on any atom is -0.418 e. The maximum Gasteiger partial charge on any atom is 0.673 e. The molecule has 0 spiro atoms. The van der Waals surface area contributed by atoms with Crippen LogP contribution in [-0.2, 0) is 10.8 Å². The summed E-state index contributed by atoms with van der Waals surface area (Å²) in [5.74, 6) is 1.90. The topological polar surface area (TPSA) is 11.3 Å². The van der Waals surface area contributed by atoms with E-state index in [-0.39, 0.29) is 10.8 Å². The third-order valence-corrected chi connectivity index (χ3v) is 4.73. The van der Waals surface area contributed by atoms with E-state index in [4.69, 9.17) is 27.6 Å². The highest BCUT2D eigenvalue weighted by molar-refractivity contribution is 7.20. The molecule has 0 saturated heterocycles. The van der Waals surface area contributed by atoms with Crippen LogP contribution in [-0.4, -0.2) is 7.25 Å². The van der Waals surface area contributed by atoms with Crippen molar-refractivity contribution in [2.75, 3.05) is 0 Å². The second-order valence-corrected chi connectivity index (χ2v) is 10.1. The van der Waals surface area contributed by atoms with E-state index >= 15 is 0 Å². The number of halogens is 6. The minimum atomic E-state index is -6.00. The standard InChI is InChI=1S/C17H21Cl2OS.BF4/c1-16(2,3)12-7-10(8-13(20-12)17(4,5)6)11-9-14(18)21-15(11)19;2-1(3,4)5/h7-9H,1-6H3;/q+1;-1. The highest BCUT2D eigenvalue weighted by Gasteiger charge is 2.34. The van der Waals surface area contributed by atoms with Crippen molar-refractivity contribution < 1.29 is 21.7 Å². The van der Waals surface area contributed by atoms with Crippen LogP contribution in [0.4, 0.5) is 17.3 Å². The molecule has 0 bridgehead atoms. The zero-order chi connectivity index (χ0) is 20.5. The molecule has 2 rings (SSSR count). The third-order valence-electron chi connectivity index (χ3n) is 3.24. The summed E-state index contributed by atoms with van der Waals surface area (Å²) in [6.45, 7) is 12.9. The molecule has 0 N–H and O–H groups in total. The van der Waals surface area contributed by atoms with Gasteiger partial charge in [-0.1, -0.05) is 23.2 Å². The number of rotatable bonds is 1. The molecule has 2 aromatic rings. The van der Waals surface area contributed by atoms with Gasteiger partial charge in [0.15, 0.2) is 0 Å². The average Bonchev–Trinajstić information content (AvgIpc) is 2.73. The fourth-order valence-electron chi connectivity index (χ4n) is 1.93. The van der Waals surface area contributed by atoms with Gasteiger partial charge in [0.25, 0.3) is 0 Å². The fraction of sp³-hybridized carbons (Fsp3) is 0.471. The summed E-state index contributed by atoms with van der Waals surface area (Å²) in [7, 11) is -6.00. The molecule has 0 radical (unpaired) electrons. The molecule has 0 aliphatic carbocycles. The first kappa shape index (κ1) is 23.3. The molecule has 0 aliphatic rings. The lowest BCUT2D eigenvalue weighted by Gasteiger charge is -2.14. The number of hydrogen-bond donors (Lipinski definition) is 0. The van der Waals surface area contributed by atoms with Crippen LogP contribution in [0.2, 0.25) is 8.67 Å². The lowest BCUT2D eigenvalue weighted by Crippen LogP contribution is -2.16. The van der Waals surface area contributed by atoms with Gasteiger partial charge in [0.2, 0.25) is 0 Å². The molecule has 146 valence electrons. The quantitative estimate of drug-likeness (QED) is 0.250. The van der Waals surface area contributed by atoms with E-state index in [9.17, 15) is 17.3 Å². The Morgan fingerprint density at radius 2 is 1.23 bits per heavy atom. The summed E-state index contributed by atoms with van der Waals surface area (Å²) in [5.41, 5.74) is 1.90. The maximum absolute atomic E-state index is 9.75. The highest BCUT2D eigenvalue weighted by Crippen LogP contribution is 2.41. The second kappa shape index (κ2) is 8.07. The molecule has 26 heavy (non-hydrogen) atoms. The van der Waals surface area contributed by atoms with Crippen molar-refractivity contribution in [3.63, 3.8) is 0 Å². The molecule has 0 saturated carbocycles. The van der Waals surface area contributed by atoms with E-state index in [1.54, 1.807) is 0 Å². The van der Waals surface area contributed by atoms with Gasteiger partial charge in [0.1, 0.15) is 4.34 Å². The van der Waals surface area contributed by atoms with Gasteiger partial charge >= 0.3 is 18.8 Å². The molecule has 9 heteroatoms. The van der Waals surface area contributed by atoms with Gasteiger partial charge in [-0.25, -0.2) is 4.42 Å². The van der Waals surface area contributed by atoms with E-state index in [0.29, 0.717) is 8.67 Å². The Morgan fingerprint density at radius 1 is 0.846 bits per heavy atom. The molecule has 0 atom stereocenters. The number of thiophene rings is 1. The van der Waals surface area contributed by atoms with Crippen LogP contribution in [0.5, 0.6) is 0 Å². The summed E-state index contributed by atoms with van der Waals surface area (Å²) in [6, 6.07) is 6.06. The summed E-state index contributed by atoms with van der Waals surface area (Å²) in [4.78, 5) is 0. The van der Waals surface area contributed by atoms with Crippen molar-refractivity contribution in [3.8, 4) is 11.1 Å². The van der Waals surface area contributed by atoms with Gasteiger partial charge in [-0.2, -0.15) is 0 Å². The van der Waals surface area contributed by atoms with Crippen LogP contribution in [0, 0.1) is 0 Å². The highest BCUT2D eigenvalue weighted by atomic mass is 35.5. The summed E-state index contributed by atoms with van der Waals surface area (Å²) in [6.07, 6.45) is 0. The normalized spacial score (nSPS) is 12.6. The zero-order valence-electron chi connectivity index (χ0n) is 15.4. The smallest absolute Gasteiger partial charge is 0.418 e. The van der Waals surface area contributed by atoms with E-state index in [2.05, 4.69) is 53.7 Å². The van der Waals surface area contributed by atoms with E-state index in [0.717, 1.165) is 22.6 Å². The van der Waals surface area contributed by atoms with Gasteiger partial charge in [-0.3, -0.25) is 0 Å². The first-order valence-electron chi connectivity index (χ1n) is 7.80. The van der Waals surface area contributed by atoms with Gasteiger partial charge < -0.3 is 17.3 Å². The predicted molar refractivity (Wildman–Crippen MR) is 104 cm³/mol. The number of hydrogen-bond acceptors (Lipinski definition) is 1. The molecule has 2 aromatic heterocycles. The Kier molecular flexibility index (Phi) is 7.22. The van der Waals surface area contributed by atoms with Crippen LogP contribution in [0.15, 0.2) is 22.6 Å². The predicted octanol–water partition coefficient (Wildman–Crippen LogP) is 8.49. The van der Waals surface area contributed by atoms with Crippen molar-refractivity contribution in [3.05, 3.63) is 38.4 Å². The van der Waals surface area contributed by atoms with E-state index in [1.165, 1.54) is 11.3 Å². The zero-order valence-corrected chi connectivity index (χ0v) is 17.7. The minimum absolute atomic E-state index is 0.0672. The van der Waals surface area contributed by atoms with Crippen LogP contribution >= 0.6 is 34.5 Å². The van der Waals surface area contributed by atoms with Crippen LogP contribution < -0.4 is 0 Å². The monoisotopic (exact) mass is 430 g/mol. The first-order chi connectivity index (χ1) is 11.5. The van der Waals surface area contributed by atoms with Crippen molar-refractivity contribution in [1.29, 1.82) is 0 Å². The third kappa shape index (κ3) is 7.45. The van der Waals surface area contributed by atoms with Gasteiger partial charge in [0.05, 0.1) is 15.2 Å². The summed E-state index contributed by atoms with van der Waals surface area (Å²) < 4.78 is 46.6. The average molecular weight is 431 g/mol. The van der Waals surface area contributed by atoms with Gasteiger partial charge in [0, 0.05) is 23.3 Å². The summed E-state index contributed by atoms with van der Waals surface area (Å²) in [5, 5.41) is 0. The molecule has 2 heterocycles. The molecule has 0 aliphatic heterocycles. The molecule has 0 amide bonds. The molecular formula is C17H21BCl2F4OS. The van der Waals surface area contributed by atoms with E-state index < -0.39 is 7.25 Å². The molecule has 0 fully saturated rings. The van der Waals surface area contributed by atoms with Crippen molar-refractivity contribution in [1.82, 2.24) is 0 Å². The summed E-state index contributed by atoms with van der Waals surface area (Å²) >= 11 is 13.8. The Hall–Kier alpha value is -0.785. The largest absolute Gasteiger partial charge is 0.673 e. The van der Waals surface area contributed by atoms with E-state index in [1.807, 2.05) is 6.07 Å². The Balaban J connectivity index is 0.000000597. The van der Waals surface area contributed by atoms with Gasteiger partial charge in [-0.05, 0) is 47.6 Å². The van der Waals surface area contributed by atoms with Crippen LogP contribution in [0.3, 0.4) is 0 Å². The maximum atomic E-state index is 9.75. The lowest BCUT2D eigenvalue weighted by atomic mass is 9.88. The lowest BCUT2D eigenvalue weighted by molar-refractivity contribution is 0.329. The van der Waals surface area contributed by atoms with Crippen LogP contribution in [0.1, 0.15) is 53.1 Å². The molecule has 1 nitrogen and oxygen atoms in total. The molecular weight excluding hydrogens is 410 g/mol. The Bertz CT molecular complexity index is 723.